The van der Waals surface area contributed by atoms with Gasteiger partial charge in [-0.15, -0.1) is 11.3 Å². The number of rotatable bonds is 4. The van der Waals surface area contributed by atoms with Crippen molar-refractivity contribution in [3.63, 3.8) is 0 Å². The van der Waals surface area contributed by atoms with Gasteiger partial charge in [-0.25, -0.2) is 8.42 Å². The van der Waals surface area contributed by atoms with Crippen LogP contribution in [0.15, 0.2) is 44.4 Å². The van der Waals surface area contributed by atoms with Crippen LogP contribution >= 0.6 is 27.3 Å². The summed E-state index contributed by atoms with van der Waals surface area (Å²) in [5.74, 6) is -0.111. The van der Waals surface area contributed by atoms with Crippen molar-refractivity contribution in [2.24, 2.45) is 0 Å². The van der Waals surface area contributed by atoms with Gasteiger partial charge in [0.15, 0.2) is 5.78 Å². The molecule has 0 saturated carbocycles. The molecule has 7 heteroatoms. The first-order chi connectivity index (χ1) is 8.88. The molecule has 0 fully saturated rings. The average Bonchev–Trinajstić information content (AvgIpc) is 2.76. The Morgan fingerprint density at radius 1 is 1.32 bits per heavy atom. The van der Waals surface area contributed by atoms with Crippen LogP contribution in [0.3, 0.4) is 0 Å². The van der Waals surface area contributed by atoms with Crippen LogP contribution in [0.2, 0.25) is 0 Å². The van der Waals surface area contributed by atoms with Crippen LogP contribution in [0.1, 0.15) is 17.3 Å². The molecule has 2 aromatic rings. The Balaban J connectivity index is 2.30. The quantitative estimate of drug-likeness (QED) is 0.849. The highest BCUT2D eigenvalue weighted by molar-refractivity contribution is 9.10. The van der Waals surface area contributed by atoms with Gasteiger partial charge in [0.05, 0.1) is 0 Å². The van der Waals surface area contributed by atoms with E-state index in [1.54, 1.807) is 23.6 Å². The standard InChI is InChI=1S/C12H10BrNO3S2/c1-8(15)9-3-2-4-11(5-9)14-19(16,17)12-6-10(13)7-18-12/h2-7,14H,1H3. The van der Waals surface area contributed by atoms with Gasteiger partial charge >= 0.3 is 0 Å². The number of nitrogens with one attached hydrogen (secondary N) is 1. The molecule has 2 rings (SSSR count). The molecule has 0 amide bonds. The van der Waals surface area contributed by atoms with Crippen LogP contribution in [0.25, 0.3) is 0 Å². The van der Waals surface area contributed by atoms with Gasteiger partial charge in [-0.3, -0.25) is 9.52 Å². The predicted octanol–water partition coefficient (Wildman–Crippen LogP) is 3.51. The van der Waals surface area contributed by atoms with E-state index in [0.29, 0.717) is 11.3 Å². The van der Waals surface area contributed by atoms with E-state index in [2.05, 4.69) is 20.7 Å². The summed E-state index contributed by atoms with van der Waals surface area (Å²) in [6.45, 7) is 1.43. The summed E-state index contributed by atoms with van der Waals surface area (Å²) in [5, 5.41) is 1.69. The Hall–Kier alpha value is -1.18. The molecule has 0 aliphatic carbocycles. The van der Waals surface area contributed by atoms with E-state index < -0.39 is 10.0 Å². The van der Waals surface area contributed by atoms with Crippen molar-refractivity contribution in [3.8, 4) is 0 Å². The van der Waals surface area contributed by atoms with Crippen molar-refractivity contribution in [1.82, 2.24) is 0 Å². The van der Waals surface area contributed by atoms with Gasteiger partial charge in [-0.2, -0.15) is 0 Å². The summed E-state index contributed by atoms with van der Waals surface area (Å²) in [5.41, 5.74) is 0.838. The number of carbonyl (C=O) groups is 1. The fraction of sp³-hybridized carbons (Fsp3) is 0.0833. The van der Waals surface area contributed by atoms with Gasteiger partial charge in [0.1, 0.15) is 4.21 Å². The Kier molecular flexibility index (Phi) is 4.07. The number of hydrogen-bond donors (Lipinski definition) is 1. The zero-order valence-electron chi connectivity index (χ0n) is 9.88. The molecule has 19 heavy (non-hydrogen) atoms. The molecule has 0 aliphatic rings. The van der Waals surface area contributed by atoms with Crippen LogP contribution in [0, 0.1) is 0 Å². The van der Waals surface area contributed by atoms with Crippen LogP contribution < -0.4 is 4.72 Å². The number of sulfonamides is 1. The van der Waals surface area contributed by atoms with Gasteiger partial charge in [-0.05, 0) is 41.1 Å². The number of benzene rings is 1. The molecule has 0 unspecified atom stereocenters. The molecular formula is C12H10BrNO3S2. The van der Waals surface area contributed by atoms with E-state index in [-0.39, 0.29) is 9.99 Å². The summed E-state index contributed by atoms with van der Waals surface area (Å²) in [7, 11) is -3.61. The average molecular weight is 360 g/mol. The monoisotopic (exact) mass is 359 g/mol. The van der Waals surface area contributed by atoms with E-state index in [9.17, 15) is 13.2 Å². The van der Waals surface area contributed by atoms with Crippen molar-refractivity contribution in [2.45, 2.75) is 11.1 Å². The molecule has 0 atom stereocenters. The number of hydrogen-bond acceptors (Lipinski definition) is 4. The van der Waals surface area contributed by atoms with Gasteiger partial charge in [0.2, 0.25) is 0 Å². The number of anilines is 1. The second kappa shape index (κ2) is 5.44. The third-order valence-corrected chi connectivity index (χ3v) is 5.91. The lowest BCUT2D eigenvalue weighted by molar-refractivity contribution is 0.101. The maximum atomic E-state index is 12.1. The molecule has 1 N–H and O–H groups in total. The first-order valence-corrected chi connectivity index (χ1v) is 8.42. The molecule has 0 radical (unpaired) electrons. The van der Waals surface area contributed by atoms with E-state index >= 15 is 0 Å². The minimum absolute atomic E-state index is 0.111. The minimum atomic E-state index is -3.61. The molecule has 1 heterocycles. The minimum Gasteiger partial charge on any atom is -0.295 e. The molecule has 0 spiro atoms. The molecule has 0 bridgehead atoms. The van der Waals surface area contributed by atoms with Crippen LogP contribution in [0.4, 0.5) is 5.69 Å². The Labute approximate surface area is 123 Å². The lowest BCUT2D eigenvalue weighted by Crippen LogP contribution is -2.11. The summed E-state index contributed by atoms with van der Waals surface area (Å²) in [4.78, 5) is 11.3. The molecule has 0 saturated heterocycles. The number of ketones is 1. The Morgan fingerprint density at radius 3 is 2.63 bits per heavy atom. The first kappa shape index (κ1) is 14.2. The topological polar surface area (TPSA) is 63.2 Å². The van der Waals surface area contributed by atoms with Crippen LogP contribution in [-0.4, -0.2) is 14.2 Å². The summed E-state index contributed by atoms with van der Waals surface area (Å²) >= 11 is 4.34. The van der Waals surface area contributed by atoms with Crippen molar-refractivity contribution in [3.05, 3.63) is 45.7 Å². The summed E-state index contributed by atoms with van der Waals surface area (Å²) in [6, 6.07) is 7.93. The zero-order chi connectivity index (χ0) is 14.0. The first-order valence-electron chi connectivity index (χ1n) is 5.26. The molecule has 0 aliphatic heterocycles. The van der Waals surface area contributed by atoms with Crippen molar-refractivity contribution in [2.75, 3.05) is 4.72 Å². The van der Waals surface area contributed by atoms with Gasteiger partial charge in [-0.1, -0.05) is 12.1 Å². The smallest absolute Gasteiger partial charge is 0.271 e. The van der Waals surface area contributed by atoms with Crippen LogP contribution in [-0.2, 0) is 10.0 Å². The fourth-order valence-electron chi connectivity index (χ4n) is 1.44. The highest BCUT2D eigenvalue weighted by Gasteiger charge is 2.16. The van der Waals surface area contributed by atoms with Gasteiger partial charge in [0, 0.05) is 21.1 Å². The zero-order valence-corrected chi connectivity index (χ0v) is 13.1. The SMILES string of the molecule is CC(=O)c1cccc(NS(=O)(=O)c2cc(Br)cs2)c1. The van der Waals surface area contributed by atoms with Crippen molar-refractivity contribution in [1.29, 1.82) is 0 Å². The van der Waals surface area contributed by atoms with Gasteiger partial charge < -0.3 is 0 Å². The van der Waals surface area contributed by atoms with E-state index in [0.717, 1.165) is 15.8 Å². The molecule has 1 aromatic carbocycles. The second-order valence-electron chi connectivity index (χ2n) is 3.83. The number of thiophene rings is 1. The van der Waals surface area contributed by atoms with Crippen molar-refractivity contribution >= 4 is 48.8 Å². The number of carbonyl (C=O) groups excluding carboxylic acids is 1. The molecule has 4 nitrogen and oxygen atoms in total. The Morgan fingerprint density at radius 2 is 2.05 bits per heavy atom. The van der Waals surface area contributed by atoms with E-state index in [1.165, 1.54) is 19.1 Å². The second-order valence-corrected chi connectivity index (χ2v) is 7.56. The maximum absolute atomic E-state index is 12.1. The Bertz CT molecular complexity index is 722. The van der Waals surface area contributed by atoms with Crippen LogP contribution in [0.5, 0.6) is 0 Å². The predicted molar refractivity (Wildman–Crippen MR) is 79.3 cm³/mol. The normalized spacial score (nSPS) is 11.3. The van der Waals surface area contributed by atoms with E-state index in [4.69, 9.17) is 0 Å². The third-order valence-electron chi connectivity index (χ3n) is 2.33. The highest BCUT2D eigenvalue weighted by atomic mass is 79.9. The number of Topliss-reactive ketones (excluding diaryl/α,β-unsaturated/α-hetero) is 1. The van der Waals surface area contributed by atoms with Gasteiger partial charge in [0.25, 0.3) is 10.0 Å². The lowest BCUT2D eigenvalue weighted by atomic mass is 10.1. The largest absolute Gasteiger partial charge is 0.295 e. The maximum Gasteiger partial charge on any atom is 0.271 e. The molecule has 1 aromatic heterocycles. The number of halogens is 1. The van der Waals surface area contributed by atoms with E-state index in [1.807, 2.05) is 0 Å². The lowest BCUT2D eigenvalue weighted by Gasteiger charge is -2.07. The highest BCUT2D eigenvalue weighted by Crippen LogP contribution is 2.26. The molecular weight excluding hydrogens is 350 g/mol. The van der Waals surface area contributed by atoms with Crippen molar-refractivity contribution < 1.29 is 13.2 Å². The molecule has 100 valence electrons. The third kappa shape index (κ3) is 3.43. The summed E-state index contributed by atoms with van der Waals surface area (Å²) < 4.78 is 27.6. The summed E-state index contributed by atoms with van der Waals surface area (Å²) in [6.07, 6.45) is 0. The fourth-order valence-corrected chi connectivity index (χ4v) is 4.34.